The molecule has 1 aliphatic heterocycles. The van der Waals surface area contributed by atoms with Crippen LogP contribution in [0, 0.1) is 0 Å². The van der Waals surface area contributed by atoms with Gasteiger partial charge in [-0.05, 0) is 45.6 Å². The van der Waals surface area contributed by atoms with E-state index in [1.54, 1.807) is 7.11 Å². The van der Waals surface area contributed by atoms with Gasteiger partial charge in [0.25, 0.3) is 0 Å². The number of nitrogens with zero attached hydrogens (tertiary/aromatic N) is 1. The number of methoxy groups -OCH3 is 1. The van der Waals surface area contributed by atoms with Crippen molar-refractivity contribution in [2.75, 3.05) is 26.7 Å². The van der Waals surface area contributed by atoms with E-state index in [2.05, 4.69) is 10.2 Å². The highest BCUT2D eigenvalue weighted by Crippen LogP contribution is 2.25. The van der Waals surface area contributed by atoms with Crippen molar-refractivity contribution in [1.29, 1.82) is 0 Å². The van der Waals surface area contributed by atoms with Crippen LogP contribution >= 0.6 is 0 Å². The number of likely N-dealkylation sites (tertiary alicyclic amines) is 1. The van der Waals surface area contributed by atoms with E-state index in [0.717, 1.165) is 45.3 Å². The molecular weight excluding hydrogens is 244 g/mol. The molecule has 1 saturated heterocycles. The van der Waals surface area contributed by atoms with E-state index in [1.807, 2.05) is 6.92 Å². The van der Waals surface area contributed by atoms with E-state index < -0.39 is 11.5 Å². The second-order valence-electron chi connectivity index (χ2n) is 6.11. The van der Waals surface area contributed by atoms with Crippen LogP contribution in [0.15, 0.2) is 0 Å². The summed E-state index contributed by atoms with van der Waals surface area (Å²) < 4.78 is 5.34. The van der Waals surface area contributed by atoms with Crippen LogP contribution in [0.4, 0.5) is 0 Å². The number of carboxylic acids is 1. The number of nitrogens with one attached hydrogen (secondary N) is 1. The van der Waals surface area contributed by atoms with Crippen LogP contribution in [0.1, 0.15) is 39.0 Å². The number of aliphatic carboxylic acids is 1. The Hall–Kier alpha value is -0.650. The maximum Gasteiger partial charge on any atom is 0.323 e. The lowest BCUT2D eigenvalue weighted by molar-refractivity contribution is -0.144. The third-order valence-electron chi connectivity index (χ3n) is 4.29. The fraction of sp³-hybridized carbons (Fsp3) is 0.929. The lowest BCUT2D eigenvalue weighted by atomic mass is 9.95. The Balaban J connectivity index is 1.71. The van der Waals surface area contributed by atoms with Crippen molar-refractivity contribution in [1.82, 2.24) is 10.2 Å². The minimum atomic E-state index is -0.762. The van der Waals surface area contributed by atoms with E-state index >= 15 is 0 Å². The minimum Gasteiger partial charge on any atom is -0.480 e. The van der Waals surface area contributed by atoms with Crippen molar-refractivity contribution in [2.24, 2.45) is 0 Å². The van der Waals surface area contributed by atoms with Crippen LogP contribution in [0.3, 0.4) is 0 Å². The maximum absolute atomic E-state index is 11.4. The number of ether oxygens (including phenoxy) is 1. The van der Waals surface area contributed by atoms with Crippen molar-refractivity contribution < 1.29 is 14.6 Å². The Bertz CT molecular complexity index is 320. The Labute approximate surface area is 115 Å². The molecule has 0 aromatic rings. The summed E-state index contributed by atoms with van der Waals surface area (Å²) >= 11 is 0. The van der Waals surface area contributed by atoms with Gasteiger partial charge in [-0.2, -0.15) is 0 Å². The zero-order chi connectivity index (χ0) is 13.9. The van der Waals surface area contributed by atoms with Gasteiger partial charge < -0.3 is 14.7 Å². The van der Waals surface area contributed by atoms with Gasteiger partial charge in [-0.15, -0.1) is 0 Å². The van der Waals surface area contributed by atoms with Crippen LogP contribution in [0.5, 0.6) is 0 Å². The normalized spacial score (nSPS) is 27.4. The molecule has 2 rings (SSSR count). The molecule has 2 unspecified atom stereocenters. The fourth-order valence-electron chi connectivity index (χ4n) is 2.77. The fourth-order valence-corrected chi connectivity index (χ4v) is 2.77. The molecule has 0 spiro atoms. The van der Waals surface area contributed by atoms with Gasteiger partial charge in [0.1, 0.15) is 5.54 Å². The van der Waals surface area contributed by atoms with E-state index in [1.165, 1.54) is 0 Å². The molecule has 110 valence electrons. The maximum atomic E-state index is 11.4. The van der Waals surface area contributed by atoms with Gasteiger partial charge in [0.2, 0.25) is 0 Å². The highest BCUT2D eigenvalue weighted by molar-refractivity contribution is 5.78. The topological polar surface area (TPSA) is 61.8 Å². The zero-order valence-corrected chi connectivity index (χ0v) is 12.0. The van der Waals surface area contributed by atoms with Gasteiger partial charge in [-0.25, -0.2) is 0 Å². The first-order valence-corrected chi connectivity index (χ1v) is 7.30. The molecular formula is C14H26N2O3. The summed E-state index contributed by atoms with van der Waals surface area (Å²) in [6.07, 6.45) is 5.28. The van der Waals surface area contributed by atoms with Gasteiger partial charge in [-0.1, -0.05) is 0 Å². The van der Waals surface area contributed by atoms with Crippen molar-refractivity contribution >= 4 is 5.97 Å². The SMILES string of the molecule is COC1CCN(CCCC(C)(NC2CC2)C(=O)O)C1. The Kier molecular flexibility index (Phi) is 4.81. The molecule has 2 atom stereocenters. The van der Waals surface area contributed by atoms with Crippen LogP contribution in [0.25, 0.3) is 0 Å². The Morgan fingerprint density at radius 1 is 1.47 bits per heavy atom. The van der Waals surface area contributed by atoms with Crippen molar-refractivity contribution in [3.05, 3.63) is 0 Å². The van der Waals surface area contributed by atoms with E-state index in [-0.39, 0.29) is 0 Å². The highest BCUT2D eigenvalue weighted by Gasteiger charge is 2.38. The number of hydrogen-bond donors (Lipinski definition) is 2. The highest BCUT2D eigenvalue weighted by atomic mass is 16.5. The van der Waals surface area contributed by atoms with E-state index in [0.29, 0.717) is 18.6 Å². The number of carboxylic acid groups (broad SMARTS) is 1. The third kappa shape index (κ3) is 4.16. The molecule has 2 fully saturated rings. The molecule has 1 aliphatic carbocycles. The summed E-state index contributed by atoms with van der Waals surface area (Å²) in [6, 6.07) is 0.422. The first-order chi connectivity index (χ1) is 9.03. The average molecular weight is 270 g/mol. The van der Waals surface area contributed by atoms with Gasteiger partial charge in [-0.3, -0.25) is 10.1 Å². The zero-order valence-electron chi connectivity index (χ0n) is 12.0. The summed E-state index contributed by atoms with van der Waals surface area (Å²) in [7, 11) is 1.76. The summed E-state index contributed by atoms with van der Waals surface area (Å²) in [4.78, 5) is 13.8. The van der Waals surface area contributed by atoms with Crippen molar-refractivity contribution in [3.8, 4) is 0 Å². The summed E-state index contributed by atoms with van der Waals surface area (Å²) in [5.41, 5.74) is -0.762. The predicted molar refractivity (Wildman–Crippen MR) is 73.3 cm³/mol. The van der Waals surface area contributed by atoms with Crippen molar-refractivity contribution in [3.63, 3.8) is 0 Å². The largest absolute Gasteiger partial charge is 0.480 e. The third-order valence-corrected chi connectivity index (χ3v) is 4.29. The van der Waals surface area contributed by atoms with Gasteiger partial charge >= 0.3 is 5.97 Å². The van der Waals surface area contributed by atoms with Gasteiger partial charge in [0.15, 0.2) is 0 Å². The average Bonchev–Trinajstić information content (AvgIpc) is 3.05. The number of carbonyl (C=O) groups is 1. The molecule has 0 aromatic heterocycles. The first kappa shape index (κ1) is 14.8. The standard InChI is InChI=1S/C14H26N2O3/c1-14(13(17)18,15-11-4-5-11)7-3-8-16-9-6-12(10-16)19-2/h11-12,15H,3-10H2,1-2H3,(H,17,18). The molecule has 0 aromatic carbocycles. The van der Waals surface area contributed by atoms with Gasteiger partial charge in [0, 0.05) is 26.2 Å². The van der Waals surface area contributed by atoms with Crippen LogP contribution in [-0.4, -0.2) is 60.4 Å². The molecule has 1 heterocycles. The molecule has 0 amide bonds. The lowest BCUT2D eigenvalue weighted by Gasteiger charge is -2.27. The second-order valence-corrected chi connectivity index (χ2v) is 6.11. The van der Waals surface area contributed by atoms with E-state index in [9.17, 15) is 9.90 Å². The van der Waals surface area contributed by atoms with Crippen molar-refractivity contribution in [2.45, 2.75) is 56.7 Å². The smallest absolute Gasteiger partial charge is 0.323 e. The quantitative estimate of drug-likeness (QED) is 0.691. The molecule has 2 N–H and O–H groups in total. The van der Waals surface area contributed by atoms with E-state index in [4.69, 9.17) is 4.74 Å². The molecule has 5 nitrogen and oxygen atoms in total. The lowest BCUT2D eigenvalue weighted by Crippen LogP contribution is -2.50. The number of rotatable bonds is 8. The molecule has 1 saturated carbocycles. The monoisotopic (exact) mass is 270 g/mol. The first-order valence-electron chi connectivity index (χ1n) is 7.30. The Morgan fingerprint density at radius 2 is 2.21 bits per heavy atom. The Morgan fingerprint density at radius 3 is 2.74 bits per heavy atom. The molecule has 19 heavy (non-hydrogen) atoms. The molecule has 2 aliphatic rings. The molecule has 0 bridgehead atoms. The predicted octanol–water partition coefficient (Wildman–Crippen LogP) is 1.08. The second kappa shape index (κ2) is 6.20. The van der Waals surface area contributed by atoms with Crippen LogP contribution < -0.4 is 5.32 Å². The summed E-state index contributed by atoms with van der Waals surface area (Å²) in [5, 5.41) is 12.7. The molecule has 0 radical (unpaired) electrons. The minimum absolute atomic E-state index is 0.357. The number of hydrogen-bond acceptors (Lipinski definition) is 4. The molecule has 5 heteroatoms. The van der Waals surface area contributed by atoms with Crippen LogP contribution in [0.2, 0.25) is 0 Å². The van der Waals surface area contributed by atoms with Crippen LogP contribution in [-0.2, 0) is 9.53 Å². The van der Waals surface area contributed by atoms with Gasteiger partial charge in [0.05, 0.1) is 6.10 Å². The summed E-state index contributed by atoms with van der Waals surface area (Å²) in [6.45, 7) is 4.83. The summed E-state index contributed by atoms with van der Waals surface area (Å²) in [5.74, 6) is -0.726.